The number of aryl methyl sites for hydroxylation is 1. The van der Waals surface area contributed by atoms with Gasteiger partial charge in [0.15, 0.2) is 5.69 Å². The van der Waals surface area contributed by atoms with Gasteiger partial charge in [-0.05, 0) is 6.92 Å². The molecule has 16 heavy (non-hydrogen) atoms. The van der Waals surface area contributed by atoms with Crippen LogP contribution in [0, 0.1) is 6.92 Å². The molecule has 0 bridgehead atoms. The summed E-state index contributed by atoms with van der Waals surface area (Å²) in [5.74, 6) is -0.338. The largest absolute Gasteiger partial charge is 0.476 e. The first kappa shape index (κ1) is 10.1. The molecule has 0 aliphatic heterocycles. The first-order chi connectivity index (χ1) is 7.56. The molecule has 0 unspecified atom stereocenters. The highest BCUT2D eigenvalue weighted by molar-refractivity contribution is 5.85. The lowest BCUT2D eigenvalue weighted by Gasteiger charge is -2.00. The Morgan fingerprint density at radius 3 is 2.88 bits per heavy atom. The van der Waals surface area contributed by atoms with Crippen molar-refractivity contribution in [3.8, 4) is 5.82 Å². The number of nitrogens with one attached hydrogen (secondary N) is 1. The molecule has 2 heterocycles. The molecule has 2 aromatic rings. The summed E-state index contributed by atoms with van der Waals surface area (Å²) >= 11 is 0. The van der Waals surface area contributed by atoms with Crippen molar-refractivity contribution in [1.82, 2.24) is 19.5 Å². The van der Waals surface area contributed by atoms with E-state index in [0.29, 0.717) is 11.6 Å². The number of aromatic carboxylic acids is 1. The minimum atomic E-state index is -1.12. The molecule has 7 heteroatoms. The van der Waals surface area contributed by atoms with E-state index in [0.717, 1.165) is 0 Å². The minimum absolute atomic E-state index is 0.0975. The fourth-order valence-electron chi connectivity index (χ4n) is 1.25. The van der Waals surface area contributed by atoms with E-state index in [4.69, 9.17) is 5.11 Å². The molecule has 2 N–H and O–H groups in total. The predicted octanol–water partition coefficient (Wildman–Crippen LogP) is -0.0378. The zero-order chi connectivity index (χ0) is 11.7. The molecule has 0 aromatic carbocycles. The number of rotatable bonds is 2. The number of aromatic amines is 1. The zero-order valence-corrected chi connectivity index (χ0v) is 8.34. The van der Waals surface area contributed by atoms with Crippen LogP contribution in [0.25, 0.3) is 5.82 Å². The average molecular weight is 220 g/mol. The van der Waals surface area contributed by atoms with Gasteiger partial charge in [0.1, 0.15) is 18.0 Å². The molecule has 0 fully saturated rings. The van der Waals surface area contributed by atoms with Crippen molar-refractivity contribution in [3.05, 3.63) is 40.5 Å². The molecule has 0 radical (unpaired) electrons. The SMILES string of the molecule is Cc1nc(-n2cnc(C(=O)O)c2)cc(=O)[nH]1. The number of aromatic nitrogens is 4. The molecule has 82 valence electrons. The van der Waals surface area contributed by atoms with E-state index >= 15 is 0 Å². The second-order valence-electron chi connectivity index (χ2n) is 3.16. The number of H-pyrrole nitrogens is 1. The average Bonchev–Trinajstić information content (AvgIpc) is 2.64. The predicted molar refractivity (Wildman–Crippen MR) is 53.7 cm³/mol. The summed E-state index contributed by atoms with van der Waals surface area (Å²) in [7, 11) is 0. The number of nitrogens with zero attached hydrogens (tertiary/aromatic N) is 3. The third-order valence-electron chi connectivity index (χ3n) is 1.91. The maximum Gasteiger partial charge on any atom is 0.356 e. The third kappa shape index (κ3) is 1.83. The van der Waals surface area contributed by atoms with E-state index in [1.807, 2.05) is 0 Å². The van der Waals surface area contributed by atoms with Gasteiger partial charge in [-0.15, -0.1) is 0 Å². The summed E-state index contributed by atoms with van der Waals surface area (Å²) in [6, 6.07) is 1.26. The van der Waals surface area contributed by atoms with Crippen LogP contribution in [-0.4, -0.2) is 30.6 Å². The molecule has 0 saturated heterocycles. The highest BCUT2D eigenvalue weighted by atomic mass is 16.4. The lowest BCUT2D eigenvalue weighted by atomic mass is 10.5. The maximum absolute atomic E-state index is 11.2. The number of hydrogen-bond donors (Lipinski definition) is 2. The summed E-state index contributed by atoms with van der Waals surface area (Å²) in [6.45, 7) is 1.64. The van der Waals surface area contributed by atoms with E-state index in [-0.39, 0.29) is 11.3 Å². The van der Waals surface area contributed by atoms with Gasteiger partial charge in [0.25, 0.3) is 5.56 Å². The van der Waals surface area contributed by atoms with Crippen LogP contribution in [0.3, 0.4) is 0 Å². The summed E-state index contributed by atoms with van der Waals surface area (Å²) in [5.41, 5.74) is -0.396. The smallest absolute Gasteiger partial charge is 0.356 e. The Bertz CT molecular complexity index is 599. The summed E-state index contributed by atoms with van der Waals surface area (Å²) in [6.07, 6.45) is 2.59. The van der Waals surface area contributed by atoms with Crippen molar-refractivity contribution >= 4 is 5.97 Å². The van der Waals surface area contributed by atoms with Crippen LogP contribution >= 0.6 is 0 Å². The Hall–Kier alpha value is -2.44. The van der Waals surface area contributed by atoms with E-state index in [2.05, 4.69) is 15.0 Å². The highest BCUT2D eigenvalue weighted by Crippen LogP contribution is 2.03. The van der Waals surface area contributed by atoms with Gasteiger partial charge in [-0.1, -0.05) is 0 Å². The maximum atomic E-state index is 11.2. The molecule has 0 spiro atoms. The zero-order valence-electron chi connectivity index (χ0n) is 8.34. The van der Waals surface area contributed by atoms with Crippen LogP contribution in [-0.2, 0) is 0 Å². The number of carboxylic acid groups (broad SMARTS) is 1. The second kappa shape index (κ2) is 3.61. The molecule has 0 atom stereocenters. The Morgan fingerprint density at radius 1 is 1.56 bits per heavy atom. The first-order valence-electron chi connectivity index (χ1n) is 4.42. The van der Waals surface area contributed by atoms with Gasteiger partial charge in [0.2, 0.25) is 0 Å². The van der Waals surface area contributed by atoms with Gasteiger partial charge >= 0.3 is 5.97 Å². The third-order valence-corrected chi connectivity index (χ3v) is 1.91. The fourth-order valence-corrected chi connectivity index (χ4v) is 1.25. The molecule has 2 aromatic heterocycles. The first-order valence-corrected chi connectivity index (χ1v) is 4.42. The molecular weight excluding hydrogens is 212 g/mol. The molecule has 7 nitrogen and oxygen atoms in total. The molecule has 0 aliphatic rings. The van der Waals surface area contributed by atoms with Crippen molar-refractivity contribution in [3.63, 3.8) is 0 Å². The topological polar surface area (TPSA) is 101 Å². The lowest BCUT2D eigenvalue weighted by Crippen LogP contribution is -2.11. The van der Waals surface area contributed by atoms with Crippen molar-refractivity contribution in [2.24, 2.45) is 0 Å². The Balaban J connectivity index is 2.50. The molecule has 2 rings (SSSR count). The second-order valence-corrected chi connectivity index (χ2v) is 3.16. The summed E-state index contributed by atoms with van der Waals surface area (Å²) < 4.78 is 1.38. The van der Waals surface area contributed by atoms with Crippen molar-refractivity contribution < 1.29 is 9.90 Å². The number of imidazole rings is 1. The van der Waals surface area contributed by atoms with Gasteiger partial charge in [0.05, 0.1) is 0 Å². The monoisotopic (exact) mass is 220 g/mol. The van der Waals surface area contributed by atoms with Crippen molar-refractivity contribution in [2.45, 2.75) is 6.92 Å². The highest BCUT2D eigenvalue weighted by Gasteiger charge is 2.08. The van der Waals surface area contributed by atoms with Crippen LogP contribution in [0.4, 0.5) is 0 Å². The summed E-state index contributed by atoms with van der Waals surface area (Å²) in [5, 5.41) is 8.69. The standard InChI is InChI=1S/C9H8N4O3/c1-5-11-7(2-8(14)12-5)13-3-6(9(15)16)10-4-13/h2-4H,1H3,(H,15,16)(H,11,12,14). The number of hydrogen-bond acceptors (Lipinski definition) is 4. The van der Waals surface area contributed by atoms with Crippen molar-refractivity contribution in [1.29, 1.82) is 0 Å². The Morgan fingerprint density at radius 2 is 2.31 bits per heavy atom. The van der Waals surface area contributed by atoms with Gasteiger partial charge < -0.3 is 10.1 Å². The Labute approximate surface area is 89.4 Å². The fraction of sp³-hybridized carbons (Fsp3) is 0.111. The molecule has 0 saturated carbocycles. The van der Waals surface area contributed by atoms with Crippen LogP contribution in [0.2, 0.25) is 0 Å². The van der Waals surface area contributed by atoms with Crippen LogP contribution in [0.5, 0.6) is 0 Å². The van der Waals surface area contributed by atoms with E-state index in [1.165, 1.54) is 23.2 Å². The number of carboxylic acids is 1. The number of carbonyl (C=O) groups is 1. The van der Waals surface area contributed by atoms with Gasteiger partial charge in [0, 0.05) is 12.3 Å². The van der Waals surface area contributed by atoms with Crippen LogP contribution < -0.4 is 5.56 Å². The lowest BCUT2D eigenvalue weighted by molar-refractivity contribution is 0.0691. The quantitative estimate of drug-likeness (QED) is 0.739. The van der Waals surface area contributed by atoms with Gasteiger partial charge in [-0.25, -0.2) is 14.8 Å². The minimum Gasteiger partial charge on any atom is -0.476 e. The normalized spacial score (nSPS) is 10.3. The van der Waals surface area contributed by atoms with E-state index < -0.39 is 5.97 Å². The molecule has 0 aliphatic carbocycles. The van der Waals surface area contributed by atoms with Gasteiger partial charge in [-0.3, -0.25) is 9.36 Å². The molecule has 0 amide bonds. The van der Waals surface area contributed by atoms with Gasteiger partial charge in [-0.2, -0.15) is 0 Å². The Kier molecular flexibility index (Phi) is 2.28. The van der Waals surface area contributed by atoms with Crippen LogP contribution in [0.15, 0.2) is 23.4 Å². The van der Waals surface area contributed by atoms with E-state index in [9.17, 15) is 9.59 Å². The van der Waals surface area contributed by atoms with E-state index in [1.54, 1.807) is 6.92 Å². The van der Waals surface area contributed by atoms with Crippen LogP contribution in [0.1, 0.15) is 16.3 Å². The summed E-state index contributed by atoms with van der Waals surface area (Å²) in [4.78, 5) is 32.0. The van der Waals surface area contributed by atoms with Crippen molar-refractivity contribution in [2.75, 3.05) is 0 Å². The molecular formula is C9H8N4O3.